The Hall–Kier alpha value is -1.73. The summed E-state index contributed by atoms with van der Waals surface area (Å²) in [5.74, 6) is -0.760. The fraction of sp³-hybridized carbons (Fsp3) is 0.533. The fourth-order valence-electron chi connectivity index (χ4n) is 2.41. The Kier molecular flexibility index (Phi) is 5.68. The molecule has 0 spiro atoms. The molecule has 0 amide bonds. The van der Waals surface area contributed by atoms with Crippen LogP contribution in [0.5, 0.6) is 0 Å². The topological polar surface area (TPSA) is 54.1 Å². The van der Waals surface area contributed by atoms with Crippen molar-refractivity contribution in [3.8, 4) is 0 Å². The van der Waals surface area contributed by atoms with Crippen LogP contribution in [0.1, 0.15) is 11.6 Å². The van der Waals surface area contributed by atoms with Crippen molar-refractivity contribution < 1.29 is 13.5 Å². The number of guanidine groups is 1. The number of nitrogens with two attached hydrogens (primary N) is 1. The summed E-state index contributed by atoms with van der Waals surface area (Å²) in [5.41, 5.74) is 5.98. The van der Waals surface area contributed by atoms with Gasteiger partial charge in [-0.05, 0) is 26.2 Å². The molecule has 0 aromatic heterocycles. The molecule has 1 aliphatic heterocycles. The van der Waals surface area contributed by atoms with Crippen LogP contribution in [-0.2, 0) is 4.74 Å². The van der Waals surface area contributed by atoms with Crippen molar-refractivity contribution in [2.75, 3.05) is 46.9 Å². The van der Waals surface area contributed by atoms with E-state index in [0.717, 1.165) is 0 Å². The zero-order valence-electron chi connectivity index (χ0n) is 12.9. The minimum absolute atomic E-state index is 0.0195. The summed E-state index contributed by atoms with van der Waals surface area (Å²) in [6.07, 6.45) is 0. The predicted octanol–water partition coefficient (Wildman–Crippen LogP) is 1.21. The summed E-state index contributed by atoms with van der Waals surface area (Å²) in [6.45, 7) is 2.75. The molecule has 5 nitrogen and oxygen atoms in total. The number of hydrogen-bond donors (Lipinski definition) is 1. The molecule has 1 aliphatic rings. The molecule has 1 heterocycles. The third-order valence-corrected chi connectivity index (χ3v) is 3.72. The van der Waals surface area contributed by atoms with Crippen molar-refractivity contribution in [3.63, 3.8) is 0 Å². The molecule has 0 saturated carbocycles. The first-order valence-corrected chi connectivity index (χ1v) is 7.23. The summed E-state index contributed by atoms with van der Waals surface area (Å²) >= 11 is 0. The first-order valence-electron chi connectivity index (χ1n) is 7.23. The summed E-state index contributed by atoms with van der Waals surface area (Å²) in [4.78, 5) is 7.96. The van der Waals surface area contributed by atoms with E-state index in [1.54, 1.807) is 19.0 Å². The van der Waals surface area contributed by atoms with Gasteiger partial charge in [-0.2, -0.15) is 0 Å². The molecule has 7 heteroatoms. The molecule has 0 unspecified atom stereocenters. The van der Waals surface area contributed by atoms with Crippen LogP contribution < -0.4 is 5.73 Å². The third kappa shape index (κ3) is 3.92. The second kappa shape index (κ2) is 7.51. The maximum Gasteiger partial charge on any atom is 0.191 e. The molecule has 0 bridgehead atoms. The Labute approximate surface area is 129 Å². The van der Waals surface area contributed by atoms with Gasteiger partial charge in [0.1, 0.15) is 11.6 Å². The minimum Gasteiger partial charge on any atom is -0.378 e. The van der Waals surface area contributed by atoms with Crippen LogP contribution in [0.4, 0.5) is 8.78 Å². The highest BCUT2D eigenvalue weighted by Crippen LogP contribution is 2.24. The van der Waals surface area contributed by atoms with Crippen LogP contribution in [-0.4, -0.2) is 62.7 Å². The van der Waals surface area contributed by atoms with Crippen LogP contribution in [0.2, 0.25) is 0 Å². The summed E-state index contributed by atoms with van der Waals surface area (Å²) < 4.78 is 33.2. The average Bonchev–Trinajstić information content (AvgIpc) is 2.50. The van der Waals surface area contributed by atoms with Crippen molar-refractivity contribution in [2.45, 2.75) is 6.04 Å². The lowest BCUT2D eigenvalue weighted by Gasteiger charge is -2.29. The van der Waals surface area contributed by atoms with E-state index in [0.29, 0.717) is 32.3 Å². The van der Waals surface area contributed by atoms with Crippen molar-refractivity contribution in [3.05, 3.63) is 35.4 Å². The molecule has 1 aromatic carbocycles. The number of rotatable bonds is 4. The second-order valence-corrected chi connectivity index (χ2v) is 5.41. The highest BCUT2D eigenvalue weighted by molar-refractivity contribution is 5.78. The average molecular weight is 312 g/mol. The molecule has 122 valence electrons. The number of ether oxygens (including phenoxy) is 1. The van der Waals surface area contributed by atoms with Gasteiger partial charge in [-0.25, -0.2) is 8.78 Å². The zero-order chi connectivity index (χ0) is 16.1. The minimum atomic E-state index is -0.571. The molecular weight excluding hydrogens is 290 g/mol. The van der Waals surface area contributed by atoms with Gasteiger partial charge < -0.3 is 20.3 Å². The first kappa shape index (κ1) is 16.6. The van der Waals surface area contributed by atoms with E-state index >= 15 is 0 Å². The zero-order valence-corrected chi connectivity index (χ0v) is 12.9. The lowest BCUT2D eigenvalue weighted by Crippen LogP contribution is -2.45. The lowest BCUT2D eigenvalue weighted by molar-refractivity contribution is 0.0673. The van der Waals surface area contributed by atoms with E-state index < -0.39 is 17.7 Å². The van der Waals surface area contributed by atoms with Crippen molar-refractivity contribution in [2.24, 2.45) is 10.7 Å². The van der Waals surface area contributed by atoms with Gasteiger partial charge in [-0.15, -0.1) is 0 Å². The third-order valence-electron chi connectivity index (χ3n) is 3.72. The lowest BCUT2D eigenvalue weighted by atomic mass is 10.0. The van der Waals surface area contributed by atoms with Gasteiger partial charge in [-0.1, -0.05) is 6.07 Å². The largest absolute Gasteiger partial charge is 0.378 e. The van der Waals surface area contributed by atoms with Crippen LogP contribution in [0.25, 0.3) is 0 Å². The standard InChI is InChI=1S/C15H22F2N4O/c1-20(2)13(14-11(16)4-3-5-12(14)17)10-19-15(18)21-6-8-22-9-7-21/h3-5,13H,6-10H2,1-2H3,(H2,18,19)/t13-/m0/s1. The molecule has 22 heavy (non-hydrogen) atoms. The van der Waals surface area contributed by atoms with Gasteiger partial charge in [0.25, 0.3) is 0 Å². The molecule has 2 rings (SSSR count). The highest BCUT2D eigenvalue weighted by atomic mass is 19.1. The van der Waals surface area contributed by atoms with Gasteiger partial charge in [0, 0.05) is 18.7 Å². The molecule has 0 aliphatic carbocycles. The normalized spacial score (nSPS) is 17.9. The van der Waals surface area contributed by atoms with E-state index in [1.165, 1.54) is 18.2 Å². The first-order chi connectivity index (χ1) is 10.5. The van der Waals surface area contributed by atoms with Gasteiger partial charge in [0.15, 0.2) is 5.96 Å². The maximum atomic E-state index is 14.0. The molecule has 1 aromatic rings. The summed E-state index contributed by atoms with van der Waals surface area (Å²) in [5, 5.41) is 0. The Morgan fingerprint density at radius 3 is 2.45 bits per heavy atom. The highest BCUT2D eigenvalue weighted by Gasteiger charge is 2.22. The van der Waals surface area contributed by atoms with Crippen LogP contribution in [0.3, 0.4) is 0 Å². The van der Waals surface area contributed by atoms with Crippen molar-refractivity contribution in [1.29, 1.82) is 0 Å². The van der Waals surface area contributed by atoms with Gasteiger partial charge >= 0.3 is 0 Å². The maximum absolute atomic E-state index is 14.0. The smallest absolute Gasteiger partial charge is 0.191 e. The van der Waals surface area contributed by atoms with Gasteiger partial charge in [0.05, 0.1) is 25.8 Å². The van der Waals surface area contributed by atoms with Gasteiger partial charge in [-0.3, -0.25) is 4.99 Å². The quantitative estimate of drug-likeness (QED) is 0.671. The number of aliphatic imine (C=N–C) groups is 1. The molecule has 1 atom stereocenters. The Balaban J connectivity index is 2.15. The Morgan fingerprint density at radius 2 is 1.91 bits per heavy atom. The number of morpholine rings is 1. The van der Waals surface area contributed by atoms with Crippen molar-refractivity contribution in [1.82, 2.24) is 9.80 Å². The number of likely N-dealkylation sites (N-methyl/N-ethyl adjacent to an activating group) is 1. The number of hydrogen-bond acceptors (Lipinski definition) is 3. The van der Waals surface area contributed by atoms with E-state index in [4.69, 9.17) is 10.5 Å². The molecule has 1 fully saturated rings. The number of halogens is 2. The molecular formula is C15H22F2N4O. The van der Waals surface area contributed by atoms with E-state index in [1.807, 2.05) is 4.90 Å². The Morgan fingerprint density at radius 1 is 1.32 bits per heavy atom. The van der Waals surface area contributed by atoms with Crippen LogP contribution >= 0.6 is 0 Å². The molecule has 0 radical (unpaired) electrons. The second-order valence-electron chi connectivity index (χ2n) is 5.41. The van der Waals surface area contributed by atoms with E-state index in [2.05, 4.69) is 4.99 Å². The van der Waals surface area contributed by atoms with Crippen LogP contribution in [0.15, 0.2) is 23.2 Å². The number of benzene rings is 1. The Bertz CT molecular complexity index is 510. The molecule has 2 N–H and O–H groups in total. The van der Waals surface area contributed by atoms with Crippen LogP contribution in [0, 0.1) is 11.6 Å². The van der Waals surface area contributed by atoms with Gasteiger partial charge in [0.2, 0.25) is 0 Å². The fourth-order valence-corrected chi connectivity index (χ4v) is 2.41. The molecule has 1 saturated heterocycles. The van der Waals surface area contributed by atoms with E-state index in [9.17, 15) is 8.78 Å². The number of nitrogens with zero attached hydrogens (tertiary/aromatic N) is 3. The SMILES string of the molecule is CN(C)[C@@H](CN=C(N)N1CCOCC1)c1c(F)cccc1F. The summed E-state index contributed by atoms with van der Waals surface area (Å²) in [7, 11) is 3.52. The predicted molar refractivity (Wildman–Crippen MR) is 81.7 cm³/mol. The monoisotopic (exact) mass is 312 g/mol. The van der Waals surface area contributed by atoms with E-state index in [-0.39, 0.29) is 12.1 Å². The van der Waals surface area contributed by atoms with Crippen molar-refractivity contribution >= 4 is 5.96 Å². The summed E-state index contributed by atoms with van der Waals surface area (Å²) in [6, 6.07) is 3.35.